The number of benzene rings is 7. The maximum atomic E-state index is 7.01. The zero-order valence-electron chi connectivity index (χ0n) is 30.5. The minimum absolute atomic E-state index is 0.0520. The molecular formula is C52H35N3O. The fourth-order valence-corrected chi connectivity index (χ4v) is 8.58. The van der Waals surface area contributed by atoms with Crippen LogP contribution in [0.1, 0.15) is 11.6 Å². The van der Waals surface area contributed by atoms with Crippen molar-refractivity contribution >= 4 is 27.4 Å². The Morgan fingerprint density at radius 3 is 1.91 bits per heavy atom. The number of fused-ring (bicyclic) bond motifs is 6. The first-order valence-corrected chi connectivity index (χ1v) is 19.1. The van der Waals surface area contributed by atoms with E-state index in [1.807, 2.05) is 36.4 Å². The van der Waals surface area contributed by atoms with Crippen molar-refractivity contribution in [2.45, 2.75) is 12.1 Å². The Morgan fingerprint density at radius 1 is 0.464 bits per heavy atom. The molecular weight excluding hydrogens is 683 g/mol. The molecule has 56 heavy (non-hydrogen) atoms. The molecule has 2 unspecified atom stereocenters. The lowest BCUT2D eigenvalue weighted by Crippen LogP contribution is -2.27. The van der Waals surface area contributed by atoms with Crippen LogP contribution in [0.5, 0.6) is 5.75 Å². The molecule has 3 heterocycles. The van der Waals surface area contributed by atoms with Crippen molar-refractivity contribution in [1.82, 2.24) is 14.5 Å². The summed E-state index contributed by atoms with van der Waals surface area (Å²) in [7, 11) is 0. The van der Waals surface area contributed by atoms with Gasteiger partial charge in [-0.25, -0.2) is 9.97 Å². The molecule has 2 aromatic heterocycles. The lowest BCUT2D eigenvalue weighted by atomic mass is 9.87. The maximum absolute atomic E-state index is 7.01. The Bertz CT molecular complexity index is 2940. The summed E-state index contributed by atoms with van der Waals surface area (Å²) in [6, 6.07) is 64.0. The van der Waals surface area contributed by atoms with Gasteiger partial charge in [0.2, 0.25) is 0 Å². The summed E-state index contributed by atoms with van der Waals surface area (Å²) in [5, 5.41) is 2.49. The van der Waals surface area contributed by atoms with E-state index in [-0.39, 0.29) is 12.1 Å². The fourth-order valence-electron chi connectivity index (χ4n) is 8.58. The Kier molecular flexibility index (Phi) is 7.59. The van der Waals surface area contributed by atoms with Crippen molar-refractivity contribution in [2.24, 2.45) is 0 Å². The van der Waals surface area contributed by atoms with E-state index in [0.717, 1.165) is 50.5 Å². The molecule has 9 aromatic rings. The van der Waals surface area contributed by atoms with Crippen LogP contribution in [0, 0.1) is 0 Å². The van der Waals surface area contributed by atoms with Gasteiger partial charge in [-0.05, 0) is 52.6 Å². The van der Waals surface area contributed by atoms with Crippen molar-refractivity contribution < 1.29 is 4.74 Å². The first-order chi connectivity index (χ1) is 27.8. The third kappa shape index (κ3) is 5.38. The molecule has 7 aromatic carbocycles. The number of para-hydroxylation sites is 1. The minimum atomic E-state index is -0.192. The molecule has 0 spiro atoms. The van der Waals surface area contributed by atoms with Gasteiger partial charge in [-0.3, -0.25) is 0 Å². The molecule has 4 nitrogen and oxygen atoms in total. The van der Waals surface area contributed by atoms with E-state index in [1.165, 1.54) is 38.5 Å². The topological polar surface area (TPSA) is 39.9 Å². The zero-order chi connectivity index (χ0) is 37.0. The summed E-state index contributed by atoms with van der Waals surface area (Å²) in [6.45, 7) is 0. The van der Waals surface area contributed by atoms with Crippen molar-refractivity contribution in [1.29, 1.82) is 0 Å². The van der Waals surface area contributed by atoms with Crippen molar-refractivity contribution in [3.8, 4) is 61.9 Å². The Labute approximate surface area is 325 Å². The summed E-state index contributed by atoms with van der Waals surface area (Å²) in [5.74, 6) is 1.61. The van der Waals surface area contributed by atoms with Crippen LogP contribution in [0.15, 0.2) is 200 Å². The molecule has 1 aliphatic carbocycles. The van der Waals surface area contributed by atoms with Crippen LogP contribution in [0.25, 0.3) is 83.5 Å². The summed E-state index contributed by atoms with van der Waals surface area (Å²) in [6.07, 6.45) is 6.56. The first kappa shape index (κ1) is 32.2. The molecule has 0 radical (unpaired) electrons. The third-order valence-electron chi connectivity index (χ3n) is 11.2. The highest BCUT2D eigenvalue weighted by Crippen LogP contribution is 2.50. The average Bonchev–Trinajstić information content (AvgIpc) is 3.83. The van der Waals surface area contributed by atoms with Gasteiger partial charge in [-0.15, -0.1) is 0 Å². The molecule has 0 amide bonds. The van der Waals surface area contributed by atoms with Gasteiger partial charge in [0.15, 0.2) is 5.82 Å². The van der Waals surface area contributed by atoms with Crippen molar-refractivity contribution in [3.63, 3.8) is 0 Å². The number of allylic oxidation sites excluding steroid dienone is 2. The van der Waals surface area contributed by atoms with E-state index in [0.29, 0.717) is 5.82 Å². The van der Waals surface area contributed by atoms with Gasteiger partial charge in [0.05, 0.1) is 22.9 Å². The fraction of sp³-hybridized carbons (Fsp3) is 0.0385. The van der Waals surface area contributed by atoms with Crippen LogP contribution in [0.3, 0.4) is 0 Å². The Morgan fingerprint density at radius 2 is 1.11 bits per heavy atom. The molecule has 2 aliphatic rings. The smallest absolute Gasteiger partial charge is 0.160 e. The van der Waals surface area contributed by atoms with E-state index >= 15 is 0 Å². The van der Waals surface area contributed by atoms with Gasteiger partial charge >= 0.3 is 0 Å². The van der Waals surface area contributed by atoms with E-state index in [2.05, 4.69) is 168 Å². The standard InChI is InChI=1S/C52H35N3O/c1-4-15-34(16-5-1)37-29-30-42-41-23-10-11-26-46(41)55(48(42)32-37)47-27-13-25-43-50-40(24-14-28-49(50)56-51(43)47)38-21-12-22-39(31-38)45-33-44(35-17-6-2-7-18-35)53-52(54-45)36-19-8-3-9-20-36/h1-33,47,51H. The van der Waals surface area contributed by atoms with Gasteiger partial charge in [0.1, 0.15) is 11.9 Å². The number of hydrogen-bond acceptors (Lipinski definition) is 3. The highest BCUT2D eigenvalue weighted by Gasteiger charge is 2.39. The summed E-state index contributed by atoms with van der Waals surface area (Å²) in [5.41, 5.74) is 14.2. The van der Waals surface area contributed by atoms with Crippen molar-refractivity contribution in [3.05, 3.63) is 206 Å². The van der Waals surface area contributed by atoms with Crippen LogP contribution in [-0.4, -0.2) is 20.6 Å². The Hall–Kier alpha value is -7.30. The molecule has 4 heteroatoms. The third-order valence-corrected chi connectivity index (χ3v) is 11.2. The van der Waals surface area contributed by atoms with Crippen LogP contribution >= 0.6 is 0 Å². The molecule has 0 bridgehead atoms. The summed E-state index contributed by atoms with van der Waals surface area (Å²) < 4.78 is 9.49. The summed E-state index contributed by atoms with van der Waals surface area (Å²) >= 11 is 0. The number of hydrogen-bond donors (Lipinski definition) is 0. The van der Waals surface area contributed by atoms with Gasteiger partial charge in [-0.1, -0.05) is 170 Å². The molecule has 0 N–H and O–H groups in total. The van der Waals surface area contributed by atoms with Crippen molar-refractivity contribution in [2.75, 3.05) is 0 Å². The second-order valence-corrected chi connectivity index (χ2v) is 14.5. The quantitative estimate of drug-likeness (QED) is 0.172. The van der Waals surface area contributed by atoms with Gasteiger partial charge in [0, 0.05) is 44.1 Å². The number of ether oxygens (including phenoxy) is 1. The molecule has 0 fully saturated rings. The second kappa shape index (κ2) is 13.2. The van der Waals surface area contributed by atoms with Crippen LogP contribution in [0.4, 0.5) is 0 Å². The number of nitrogens with zero attached hydrogens (tertiary/aromatic N) is 3. The van der Waals surface area contributed by atoms with E-state index in [1.54, 1.807) is 0 Å². The largest absolute Gasteiger partial charge is 0.483 e. The number of rotatable bonds is 6. The van der Waals surface area contributed by atoms with Crippen LogP contribution in [0.2, 0.25) is 0 Å². The summed E-state index contributed by atoms with van der Waals surface area (Å²) in [4.78, 5) is 10.1. The van der Waals surface area contributed by atoms with Crippen LogP contribution in [-0.2, 0) is 0 Å². The monoisotopic (exact) mass is 717 g/mol. The highest BCUT2D eigenvalue weighted by atomic mass is 16.5. The molecule has 1 aliphatic heterocycles. The molecule has 0 saturated carbocycles. The average molecular weight is 718 g/mol. The minimum Gasteiger partial charge on any atom is -0.483 e. The molecule has 11 rings (SSSR count). The SMILES string of the molecule is C1=CC(n2c3ccccc3c3ccc(-c4ccccc4)cc32)C2Oc3cccc(-c4cccc(-c5cc(-c6ccccc6)nc(-c6ccccc6)n5)c4)c3C2=C1. The normalized spacial score (nSPS) is 15.7. The van der Waals surface area contributed by atoms with E-state index in [9.17, 15) is 0 Å². The number of aromatic nitrogens is 3. The molecule has 2 atom stereocenters. The van der Waals surface area contributed by atoms with E-state index < -0.39 is 0 Å². The molecule has 0 saturated heterocycles. The second-order valence-electron chi connectivity index (χ2n) is 14.5. The molecule has 264 valence electrons. The highest BCUT2D eigenvalue weighted by molar-refractivity contribution is 6.09. The van der Waals surface area contributed by atoms with Gasteiger partial charge in [-0.2, -0.15) is 0 Å². The lowest BCUT2D eigenvalue weighted by Gasteiger charge is -2.27. The predicted molar refractivity (Wildman–Crippen MR) is 229 cm³/mol. The van der Waals surface area contributed by atoms with Crippen LogP contribution < -0.4 is 4.74 Å². The zero-order valence-corrected chi connectivity index (χ0v) is 30.5. The Balaban J connectivity index is 1.01. The van der Waals surface area contributed by atoms with E-state index in [4.69, 9.17) is 14.7 Å². The first-order valence-electron chi connectivity index (χ1n) is 19.1. The predicted octanol–water partition coefficient (Wildman–Crippen LogP) is 12.9. The van der Waals surface area contributed by atoms with Gasteiger partial charge in [0.25, 0.3) is 0 Å². The van der Waals surface area contributed by atoms with Gasteiger partial charge < -0.3 is 9.30 Å². The maximum Gasteiger partial charge on any atom is 0.160 e. The lowest BCUT2D eigenvalue weighted by molar-refractivity contribution is 0.232.